The quantitative estimate of drug-likeness (QED) is 0.646. The number of hydrogen-bond acceptors (Lipinski definition) is 2. The molecule has 3 unspecified atom stereocenters. The first kappa shape index (κ1) is 8.52. The molecule has 0 spiro atoms. The summed E-state index contributed by atoms with van der Waals surface area (Å²) >= 11 is 0. The van der Waals surface area contributed by atoms with Crippen molar-refractivity contribution in [1.29, 1.82) is 0 Å². The van der Waals surface area contributed by atoms with Crippen LogP contribution < -0.4 is 5.32 Å². The number of aliphatic hydroxyl groups excluding tert-OH is 1. The molecule has 0 aromatic carbocycles. The van der Waals surface area contributed by atoms with Crippen molar-refractivity contribution in [2.75, 3.05) is 13.2 Å². The molecule has 2 heteroatoms. The third-order valence-electron chi connectivity index (χ3n) is 3.28. The average molecular weight is 169 g/mol. The van der Waals surface area contributed by atoms with Gasteiger partial charge in [0, 0.05) is 12.6 Å². The van der Waals surface area contributed by atoms with Gasteiger partial charge < -0.3 is 10.4 Å². The van der Waals surface area contributed by atoms with Crippen LogP contribution in [0, 0.1) is 17.8 Å². The molecular weight excluding hydrogens is 150 g/mol. The van der Waals surface area contributed by atoms with Crippen LogP contribution in [0.15, 0.2) is 0 Å². The van der Waals surface area contributed by atoms with E-state index in [9.17, 15) is 5.11 Å². The van der Waals surface area contributed by atoms with Crippen LogP contribution in [0.25, 0.3) is 0 Å². The van der Waals surface area contributed by atoms with Gasteiger partial charge in [-0.3, -0.25) is 0 Å². The summed E-state index contributed by atoms with van der Waals surface area (Å²) in [7, 11) is 0. The maximum atomic E-state index is 9.22. The van der Waals surface area contributed by atoms with Gasteiger partial charge in [-0.25, -0.2) is 0 Å². The van der Waals surface area contributed by atoms with E-state index in [2.05, 4.69) is 12.2 Å². The van der Waals surface area contributed by atoms with Gasteiger partial charge in [0.05, 0.1) is 0 Å². The van der Waals surface area contributed by atoms with E-state index in [4.69, 9.17) is 0 Å². The standard InChI is InChI=1S/C10H19NO/c1-7-4-9(6-12)10(11-5-7)8-2-3-8/h7-12H,2-6H2,1H3. The monoisotopic (exact) mass is 169 g/mol. The lowest BCUT2D eigenvalue weighted by molar-refractivity contribution is 0.126. The van der Waals surface area contributed by atoms with Gasteiger partial charge in [-0.1, -0.05) is 6.92 Å². The molecule has 2 rings (SSSR count). The van der Waals surface area contributed by atoms with Crippen molar-refractivity contribution in [2.45, 2.75) is 32.2 Å². The van der Waals surface area contributed by atoms with Gasteiger partial charge in [-0.15, -0.1) is 0 Å². The fourth-order valence-corrected chi connectivity index (χ4v) is 2.45. The van der Waals surface area contributed by atoms with E-state index in [-0.39, 0.29) is 0 Å². The first-order valence-corrected chi connectivity index (χ1v) is 5.15. The van der Waals surface area contributed by atoms with Gasteiger partial charge in [-0.2, -0.15) is 0 Å². The largest absolute Gasteiger partial charge is 0.396 e. The van der Waals surface area contributed by atoms with Crippen molar-refractivity contribution in [2.24, 2.45) is 17.8 Å². The normalized spacial score (nSPS) is 43.0. The second-order valence-corrected chi connectivity index (χ2v) is 4.55. The van der Waals surface area contributed by atoms with Crippen LogP contribution >= 0.6 is 0 Å². The first-order chi connectivity index (χ1) is 5.81. The molecule has 3 atom stereocenters. The minimum absolute atomic E-state index is 0.374. The zero-order valence-corrected chi connectivity index (χ0v) is 7.79. The van der Waals surface area contributed by atoms with E-state index < -0.39 is 0 Å². The number of nitrogens with one attached hydrogen (secondary N) is 1. The SMILES string of the molecule is CC1CNC(C2CC2)C(CO)C1. The Bertz CT molecular complexity index is 156. The highest BCUT2D eigenvalue weighted by molar-refractivity contribution is 4.94. The van der Waals surface area contributed by atoms with Crippen molar-refractivity contribution >= 4 is 0 Å². The Morgan fingerprint density at radius 3 is 2.75 bits per heavy atom. The number of piperidine rings is 1. The highest BCUT2D eigenvalue weighted by Gasteiger charge is 2.38. The number of aliphatic hydroxyl groups is 1. The summed E-state index contributed by atoms with van der Waals surface area (Å²) in [6.45, 7) is 3.79. The molecule has 2 aliphatic rings. The molecule has 1 saturated heterocycles. The molecule has 0 radical (unpaired) electrons. The zero-order chi connectivity index (χ0) is 8.55. The second kappa shape index (κ2) is 3.35. The summed E-state index contributed by atoms with van der Waals surface area (Å²) in [5.41, 5.74) is 0. The van der Waals surface area contributed by atoms with Crippen molar-refractivity contribution in [3.05, 3.63) is 0 Å². The van der Waals surface area contributed by atoms with Gasteiger partial charge in [-0.05, 0) is 43.6 Å². The van der Waals surface area contributed by atoms with Gasteiger partial charge >= 0.3 is 0 Å². The first-order valence-electron chi connectivity index (χ1n) is 5.15. The van der Waals surface area contributed by atoms with Gasteiger partial charge in [0.25, 0.3) is 0 Å². The van der Waals surface area contributed by atoms with E-state index >= 15 is 0 Å². The predicted octanol–water partition coefficient (Wildman–Crippen LogP) is 1.00. The lowest BCUT2D eigenvalue weighted by atomic mass is 9.84. The maximum Gasteiger partial charge on any atom is 0.0474 e. The summed E-state index contributed by atoms with van der Waals surface area (Å²) in [5, 5.41) is 12.8. The lowest BCUT2D eigenvalue weighted by Gasteiger charge is -2.35. The average Bonchev–Trinajstić information content (AvgIpc) is 2.87. The number of hydrogen-bond donors (Lipinski definition) is 2. The van der Waals surface area contributed by atoms with Crippen LogP contribution in [-0.4, -0.2) is 24.3 Å². The summed E-state index contributed by atoms with van der Waals surface area (Å²) in [6.07, 6.45) is 3.97. The van der Waals surface area contributed by atoms with Crippen LogP contribution in [0.3, 0.4) is 0 Å². The lowest BCUT2D eigenvalue weighted by Crippen LogP contribution is -2.47. The summed E-state index contributed by atoms with van der Waals surface area (Å²) in [6, 6.07) is 0.631. The summed E-state index contributed by atoms with van der Waals surface area (Å²) in [5.74, 6) is 2.16. The fourth-order valence-electron chi connectivity index (χ4n) is 2.45. The topological polar surface area (TPSA) is 32.3 Å². The van der Waals surface area contributed by atoms with Crippen LogP contribution in [0.1, 0.15) is 26.2 Å². The Kier molecular flexibility index (Phi) is 2.37. The Hall–Kier alpha value is -0.0800. The summed E-state index contributed by atoms with van der Waals surface area (Å²) in [4.78, 5) is 0. The molecule has 0 aromatic heterocycles. The third-order valence-corrected chi connectivity index (χ3v) is 3.28. The zero-order valence-electron chi connectivity index (χ0n) is 7.79. The number of rotatable bonds is 2. The van der Waals surface area contributed by atoms with E-state index in [0.717, 1.165) is 18.4 Å². The molecule has 2 N–H and O–H groups in total. The maximum absolute atomic E-state index is 9.22. The molecule has 1 saturated carbocycles. The van der Waals surface area contributed by atoms with Crippen molar-refractivity contribution in [1.82, 2.24) is 5.32 Å². The van der Waals surface area contributed by atoms with E-state index in [1.807, 2.05) is 0 Å². The molecule has 1 heterocycles. The van der Waals surface area contributed by atoms with Gasteiger partial charge in [0.15, 0.2) is 0 Å². The molecule has 2 nitrogen and oxygen atoms in total. The molecule has 0 bridgehead atoms. The van der Waals surface area contributed by atoms with Crippen LogP contribution in [0.2, 0.25) is 0 Å². The molecule has 0 amide bonds. The minimum Gasteiger partial charge on any atom is -0.396 e. The molecule has 1 aliphatic heterocycles. The summed E-state index contributed by atoms with van der Waals surface area (Å²) < 4.78 is 0. The van der Waals surface area contributed by atoms with Crippen molar-refractivity contribution in [3.63, 3.8) is 0 Å². The van der Waals surface area contributed by atoms with Crippen LogP contribution in [-0.2, 0) is 0 Å². The van der Waals surface area contributed by atoms with E-state index in [1.165, 1.54) is 19.3 Å². The Morgan fingerprint density at radius 2 is 2.17 bits per heavy atom. The van der Waals surface area contributed by atoms with Crippen molar-refractivity contribution < 1.29 is 5.11 Å². The minimum atomic E-state index is 0.374. The van der Waals surface area contributed by atoms with E-state index in [1.54, 1.807) is 0 Å². The Labute approximate surface area is 74.4 Å². The smallest absolute Gasteiger partial charge is 0.0474 e. The predicted molar refractivity (Wildman–Crippen MR) is 48.9 cm³/mol. The van der Waals surface area contributed by atoms with E-state index in [0.29, 0.717) is 18.6 Å². The Morgan fingerprint density at radius 1 is 1.42 bits per heavy atom. The molecule has 70 valence electrons. The second-order valence-electron chi connectivity index (χ2n) is 4.55. The molecule has 0 aromatic rings. The molecular formula is C10H19NO. The Balaban J connectivity index is 1.92. The highest BCUT2D eigenvalue weighted by atomic mass is 16.3. The van der Waals surface area contributed by atoms with Crippen LogP contribution in [0.4, 0.5) is 0 Å². The van der Waals surface area contributed by atoms with Gasteiger partial charge in [0.2, 0.25) is 0 Å². The van der Waals surface area contributed by atoms with Crippen LogP contribution in [0.5, 0.6) is 0 Å². The fraction of sp³-hybridized carbons (Fsp3) is 1.00. The van der Waals surface area contributed by atoms with Crippen molar-refractivity contribution in [3.8, 4) is 0 Å². The molecule has 1 aliphatic carbocycles. The molecule has 2 fully saturated rings. The van der Waals surface area contributed by atoms with Gasteiger partial charge in [0.1, 0.15) is 0 Å². The molecule has 12 heavy (non-hydrogen) atoms. The third kappa shape index (κ3) is 1.64. The highest BCUT2D eigenvalue weighted by Crippen LogP contribution is 2.38.